The summed E-state index contributed by atoms with van der Waals surface area (Å²) in [6.45, 7) is 4.15. The smallest absolute Gasteiger partial charge is 0.358 e. The van der Waals surface area contributed by atoms with Gasteiger partial charge in [0, 0.05) is 19.4 Å². The van der Waals surface area contributed by atoms with Gasteiger partial charge in [-0.25, -0.2) is 9.78 Å². The molecule has 0 saturated heterocycles. The predicted octanol–water partition coefficient (Wildman–Crippen LogP) is 2.90. The van der Waals surface area contributed by atoms with Crippen molar-refractivity contribution in [2.45, 2.75) is 45.6 Å². The van der Waals surface area contributed by atoms with Crippen LogP contribution in [0.5, 0.6) is 5.75 Å². The molecular formula is C23H27N5O5. The van der Waals surface area contributed by atoms with E-state index in [0.29, 0.717) is 0 Å². The number of nitrogens with one attached hydrogen (secondary N) is 2. The van der Waals surface area contributed by atoms with E-state index in [9.17, 15) is 19.5 Å². The number of carboxylic acid groups (broad SMARTS) is 1. The van der Waals surface area contributed by atoms with Gasteiger partial charge in [0.25, 0.3) is 10.9 Å². The molecule has 1 aliphatic carbocycles. The maximum absolute atomic E-state index is 12.6. The van der Waals surface area contributed by atoms with E-state index in [1.165, 1.54) is 19.4 Å². The van der Waals surface area contributed by atoms with Crippen LogP contribution >= 0.6 is 0 Å². The molecule has 0 bridgehead atoms. The van der Waals surface area contributed by atoms with Crippen LogP contribution in [0.3, 0.4) is 0 Å². The Morgan fingerprint density at radius 2 is 1.91 bits per heavy atom. The van der Waals surface area contributed by atoms with Gasteiger partial charge in [0.1, 0.15) is 11.4 Å². The van der Waals surface area contributed by atoms with Crippen molar-refractivity contribution in [1.82, 2.24) is 14.8 Å². The van der Waals surface area contributed by atoms with Crippen molar-refractivity contribution < 1.29 is 14.6 Å². The minimum atomic E-state index is -1.27. The Balaban J connectivity index is 1.73. The molecule has 4 rings (SSSR count). The summed E-state index contributed by atoms with van der Waals surface area (Å²) in [7, 11) is 3.17. The highest BCUT2D eigenvalue weighted by Crippen LogP contribution is 2.49. The van der Waals surface area contributed by atoms with Gasteiger partial charge in [0.15, 0.2) is 11.4 Å². The first-order valence-corrected chi connectivity index (χ1v) is 10.8. The molecule has 1 atom stereocenters. The summed E-state index contributed by atoms with van der Waals surface area (Å²) in [6, 6.07) is 1.23. The van der Waals surface area contributed by atoms with Crippen molar-refractivity contribution in [3.8, 4) is 5.75 Å². The number of hydrogen-bond donors (Lipinski definition) is 3. The van der Waals surface area contributed by atoms with E-state index in [4.69, 9.17) is 4.74 Å². The minimum absolute atomic E-state index is 0.0242. The van der Waals surface area contributed by atoms with Gasteiger partial charge in [-0.1, -0.05) is 19.8 Å². The van der Waals surface area contributed by atoms with E-state index in [1.54, 1.807) is 4.68 Å². The molecule has 0 unspecified atom stereocenters. The molecule has 1 fully saturated rings. The Bertz CT molecular complexity index is 1280. The van der Waals surface area contributed by atoms with Gasteiger partial charge in [-0.3, -0.25) is 14.3 Å². The molecule has 10 nitrogen and oxygen atoms in total. The lowest BCUT2D eigenvalue weighted by Crippen LogP contribution is -2.40. The summed E-state index contributed by atoms with van der Waals surface area (Å²) in [4.78, 5) is 40.4. The summed E-state index contributed by atoms with van der Waals surface area (Å²) in [5, 5.41) is 20.2. The zero-order valence-electron chi connectivity index (χ0n) is 19.1. The fourth-order valence-corrected chi connectivity index (χ4v) is 4.79. The first-order valence-electron chi connectivity index (χ1n) is 10.8. The number of ether oxygens (including phenoxy) is 1. The summed E-state index contributed by atoms with van der Waals surface area (Å²) in [5.41, 5.74) is 0.578. The first kappa shape index (κ1) is 22.5. The zero-order chi connectivity index (χ0) is 23.9. The summed E-state index contributed by atoms with van der Waals surface area (Å²) < 4.78 is 6.96. The van der Waals surface area contributed by atoms with Gasteiger partial charge in [-0.15, -0.1) is 0 Å². The molecule has 3 aromatic rings. The van der Waals surface area contributed by atoms with Crippen molar-refractivity contribution in [2.24, 2.45) is 12.5 Å². The largest absolute Gasteiger partial charge is 0.492 e. The van der Waals surface area contributed by atoms with Crippen LogP contribution in [-0.2, 0) is 7.05 Å². The molecular weight excluding hydrogens is 426 g/mol. The number of rotatable bonds is 8. The average molecular weight is 453 g/mol. The molecule has 2 heterocycles. The fourth-order valence-electron chi connectivity index (χ4n) is 4.79. The third kappa shape index (κ3) is 3.85. The molecule has 3 N–H and O–H groups in total. The lowest BCUT2D eigenvalue weighted by Gasteiger charge is -2.35. The predicted molar refractivity (Wildman–Crippen MR) is 123 cm³/mol. The number of aromatic carboxylic acids is 1. The third-order valence-electron chi connectivity index (χ3n) is 6.54. The summed E-state index contributed by atoms with van der Waals surface area (Å²) >= 11 is 0. The first-order chi connectivity index (χ1) is 15.7. The Hall–Kier alpha value is -3.69. The SMILES string of the molecule is COc1c(Nc2c(N[C@@H](c3nn(C)cc3C)C3(C)CCCC3)c(=O)c2=O)ccnc1C(=O)O. The number of carboxylic acids is 1. The van der Waals surface area contributed by atoms with Crippen LogP contribution in [0.2, 0.25) is 0 Å². The Kier molecular flexibility index (Phi) is 5.69. The molecule has 2 aromatic heterocycles. The molecule has 0 radical (unpaired) electrons. The van der Waals surface area contributed by atoms with Crippen LogP contribution in [0.25, 0.3) is 0 Å². The maximum Gasteiger partial charge on any atom is 0.358 e. The van der Waals surface area contributed by atoms with Crippen LogP contribution in [0.1, 0.15) is 60.4 Å². The second kappa shape index (κ2) is 8.34. The Labute approximate surface area is 190 Å². The van der Waals surface area contributed by atoms with Gasteiger partial charge in [0.05, 0.1) is 24.5 Å². The summed E-state index contributed by atoms with van der Waals surface area (Å²) in [5.74, 6) is -1.29. The van der Waals surface area contributed by atoms with E-state index >= 15 is 0 Å². The van der Waals surface area contributed by atoms with Crippen LogP contribution < -0.4 is 26.2 Å². The fraction of sp³-hybridized carbons (Fsp3) is 0.435. The standard InChI is InChI=1S/C23H27N5O5/c1-12-11-28(3)27-14(12)21(23(2)8-5-6-9-23)26-16-15(18(29)19(16)30)25-13-7-10-24-17(22(31)32)20(13)33-4/h7,10-11,21,26H,5-6,8-9H2,1-4H3,(H,24,25)(H,31,32)/t21-/m0/s1. The normalized spacial score (nSPS) is 16.0. The highest BCUT2D eigenvalue weighted by molar-refractivity contribution is 5.92. The molecule has 1 aliphatic rings. The Morgan fingerprint density at radius 1 is 1.24 bits per heavy atom. The molecule has 0 aliphatic heterocycles. The molecule has 33 heavy (non-hydrogen) atoms. The number of carbonyl (C=O) groups is 1. The number of methoxy groups -OCH3 is 1. The number of nitrogens with zero attached hydrogens (tertiary/aromatic N) is 3. The number of aromatic nitrogens is 3. The van der Waals surface area contributed by atoms with Crippen LogP contribution in [0.15, 0.2) is 28.0 Å². The van der Waals surface area contributed by atoms with Crippen molar-refractivity contribution in [3.05, 3.63) is 55.9 Å². The lowest BCUT2D eigenvalue weighted by atomic mass is 9.78. The number of anilines is 3. The topological polar surface area (TPSA) is 135 Å². The molecule has 1 aromatic carbocycles. The average Bonchev–Trinajstić information content (AvgIpc) is 3.37. The van der Waals surface area contributed by atoms with Crippen molar-refractivity contribution >= 4 is 23.0 Å². The molecule has 1 saturated carbocycles. The van der Waals surface area contributed by atoms with Crippen LogP contribution in [0.4, 0.5) is 17.1 Å². The van der Waals surface area contributed by atoms with Crippen molar-refractivity contribution in [2.75, 3.05) is 17.7 Å². The van der Waals surface area contributed by atoms with Crippen LogP contribution in [0, 0.1) is 12.3 Å². The monoisotopic (exact) mass is 453 g/mol. The quantitative estimate of drug-likeness (QED) is 0.440. The molecule has 10 heteroatoms. The highest BCUT2D eigenvalue weighted by atomic mass is 16.5. The number of hydrogen-bond acceptors (Lipinski definition) is 8. The van der Waals surface area contributed by atoms with Crippen LogP contribution in [-0.4, -0.2) is 33.0 Å². The van der Waals surface area contributed by atoms with Gasteiger partial charge < -0.3 is 20.5 Å². The zero-order valence-corrected chi connectivity index (χ0v) is 19.1. The van der Waals surface area contributed by atoms with Gasteiger partial charge >= 0.3 is 5.97 Å². The second-order valence-electron chi connectivity index (χ2n) is 8.89. The van der Waals surface area contributed by atoms with Gasteiger partial charge in [-0.05, 0) is 36.8 Å². The summed E-state index contributed by atoms with van der Waals surface area (Å²) in [6.07, 6.45) is 7.34. The Morgan fingerprint density at radius 3 is 2.48 bits per heavy atom. The molecule has 0 spiro atoms. The maximum atomic E-state index is 12.6. The van der Waals surface area contributed by atoms with Gasteiger partial charge in [0.2, 0.25) is 0 Å². The minimum Gasteiger partial charge on any atom is -0.492 e. The van der Waals surface area contributed by atoms with E-state index in [0.717, 1.165) is 36.9 Å². The van der Waals surface area contributed by atoms with Crippen molar-refractivity contribution in [3.63, 3.8) is 0 Å². The molecule has 0 amide bonds. The third-order valence-corrected chi connectivity index (χ3v) is 6.54. The number of aryl methyl sites for hydroxylation is 2. The van der Waals surface area contributed by atoms with E-state index in [-0.39, 0.29) is 40.0 Å². The second-order valence-corrected chi connectivity index (χ2v) is 8.89. The van der Waals surface area contributed by atoms with E-state index < -0.39 is 16.8 Å². The van der Waals surface area contributed by atoms with Gasteiger partial charge in [-0.2, -0.15) is 5.10 Å². The number of pyridine rings is 1. The highest BCUT2D eigenvalue weighted by Gasteiger charge is 2.41. The van der Waals surface area contributed by atoms with E-state index in [2.05, 4.69) is 27.6 Å². The molecule has 174 valence electrons. The van der Waals surface area contributed by atoms with E-state index in [1.807, 2.05) is 20.2 Å². The van der Waals surface area contributed by atoms with Crippen molar-refractivity contribution in [1.29, 1.82) is 0 Å². The lowest BCUT2D eigenvalue weighted by molar-refractivity contribution is 0.0686.